The summed E-state index contributed by atoms with van der Waals surface area (Å²) in [5, 5.41) is 4.44. The maximum Gasteiger partial charge on any atom is 0.345 e. The van der Waals surface area contributed by atoms with E-state index in [1.54, 1.807) is 23.7 Å². The van der Waals surface area contributed by atoms with Gasteiger partial charge < -0.3 is 19.1 Å². The third kappa shape index (κ3) is 2.56. The van der Waals surface area contributed by atoms with Crippen molar-refractivity contribution in [2.45, 2.75) is 45.1 Å². The van der Waals surface area contributed by atoms with Crippen LogP contribution >= 0.6 is 0 Å². The number of hydrogen-bond donors (Lipinski definition) is 0. The van der Waals surface area contributed by atoms with Crippen molar-refractivity contribution in [3.05, 3.63) is 23.6 Å². The van der Waals surface area contributed by atoms with Crippen LogP contribution < -0.4 is 9.64 Å². The quantitative estimate of drug-likeness (QED) is 0.586. The van der Waals surface area contributed by atoms with Crippen molar-refractivity contribution in [3.8, 4) is 17.1 Å². The van der Waals surface area contributed by atoms with Crippen molar-refractivity contribution in [1.29, 1.82) is 0 Å². The molecule has 3 atom stereocenters. The molecule has 0 radical (unpaired) electrons. The molecule has 3 aliphatic heterocycles. The summed E-state index contributed by atoms with van der Waals surface area (Å²) < 4.78 is 32.9. The van der Waals surface area contributed by atoms with Gasteiger partial charge in [-0.05, 0) is 26.0 Å². The van der Waals surface area contributed by atoms with Crippen LogP contribution in [0.2, 0.25) is 0 Å². The zero-order valence-electron chi connectivity index (χ0n) is 15.7. The van der Waals surface area contributed by atoms with Gasteiger partial charge in [0.15, 0.2) is 0 Å². The third-order valence-corrected chi connectivity index (χ3v) is 5.52. The normalized spacial score (nSPS) is 25.1. The van der Waals surface area contributed by atoms with Crippen LogP contribution in [0.25, 0.3) is 11.3 Å². The Morgan fingerprint density at radius 1 is 1.43 bits per heavy atom. The number of pyridine rings is 1. The molecule has 2 fully saturated rings. The highest BCUT2D eigenvalue weighted by Crippen LogP contribution is 2.38. The van der Waals surface area contributed by atoms with Crippen LogP contribution in [0.5, 0.6) is 5.88 Å². The van der Waals surface area contributed by atoms with Crippen LogP contribution in [0.1, 0.15) is 30.6 Å². The number of halogens is 1. The Hall–Kier alpha value is -2.68. The average molecular weight is 388 g/mol. The second-order valence-corrected chi connectivity index (χ2v) is 7.29. The van der Waals surface area contributed by atoms with Gasteiger partial charge >= 0.3 is 5.97 Å². The predicted octanol–water partition coefficient (Wildman–Crippen LogP) is 2.02. The molecule has 9 heteroatoms. The molecule has 2 aromatic heterocycles. The molecule has 0 N–H and O–H groups in total. The van der Waals surface area contributed by atoms with Crippen molar-refractivity contribution < 1.29 is 23.4 Å². The Balaban J connectivity index is 1.54. The van der Waals surface area contributed by atoms with Crippen molar-refractivity contribution in [2.24, 2.45) is 0 Å². The highest BCUT2D eigenvalue weighted by atomic mass is 19.1. The summed E-state index contributed by atoms with van der Waals surface area (Å²) >= 11 is 0. The van der Waals surface area contributed by atoms with E-state index in [0.717, 1.165) is 13.0 Å². The standard InChI is InChI=1S/C19H21FN4O4/c1-3-26-19(25)15-16(22-24-7-6-10(2)28-18(15)24)11-4-5-14(21-17(11)20)23-8-13-12(23)9-27-13/h4-5,10,12-13H,3,6-9H2,1-2H3/t10-,12?,13-/m1/s1. The lowest BCUT2D eigenvalue weighted by Crippen LogP contribution is -2.71. The largest absolute Gasteiger partial charge is 0.474 e. The van der Waals surface area contributed by atoms with Crippen LogP contribution in [0, 0.1) is 5.95 Å². The second-order valence-electron chi connectivity index (χ2n) is 7.29. The van der Waals surface area contributed by atoms with Crippen LogP contribution in [0.15, 0.2) is 12.1 Å². The molecule has 28 heavy (non-hydrogen) atoms. The SMILES string of the molecule is CCOC(=O)c1c(-c2ccc(N3C[C@H]4OCC43)nc2F)nn2c1O[C@H](C)CC2. The van der Waals surface area contributed by atoms with Crippen LogP contribution in [0.4, 0.5) is 10.2 Å². The summed E-state index contributed by atoms with van der Waals surface area (Å²) in [6, 6.07) is 3.65. The molecule has 2 aromatic rings. The Labute approximate surface area is 161 Å². The highest BCUT2D eigenvalue weighted by Gasteiger charge is 2.48. The fourth-order valence-corrected chi connectivity index (χ4v) is 3.85. The first-order chi connectivity index (χ1) is 13.6. The van der Waals surface area contributed by atoms with Gasteiger partial charge in [0, 0.05) is 19.5 Å². The summed E-state index contributed by atoms with van der Waals surface area (Å²) in [7, 11) is 0. The number of carbonyl (C=O) groups excluding carboxylic acids is 1. The molecule has 2 saturated heterocycles. The molecule has 0 amide bonds. The van der Waals surface area contributed by atoms with E-state index in [-0.39, 0.29) is 41.7 Å². The molecule has 0 saturated carbocycles. The minimum atomic E-state index is -0.671. The molecule has 0 aromatic carbocycles. The van der Waals surface area contributed by atoms with E-state index in [1.807, 2.05) is 11.8 Å². The number of anilines is 1. The van der Waals surface area contributed by atoms with Gasteiger partial charge in [0.2, 0.25) is 11.8 Å². The Morgan fingerprint density at radius 2 is 2.29 bits per heavy atom. The summed E-state index contributed by atoms with van der Waals surface area (Å²) in [5.41, 5.74) is 0.512. The number of morpholine rings is 1. The van der Waals surface area contributed by atoms with Gasteiger partial charge in [-0.1, -0.05) is 0 Å². The Bertz CT molecular complexity index is 946. The van der Waals surface area contributed by atoms with Crippen molar-refractivity contribution >= 4 is 11.8 Å². The first kappa shape index (κ1) is 17.4. The fourth-order valence-electron chi connectivity index (χ4n) is 3.85. The fraction of sp³-hybridized carbons (Fsp3) is 0.526. The summed E-state index contributed by atoms with van der Waals surface area (Å²) in [4.78, 5) is 18.7. The van der Waals surface area contributed by atoms with Crippen LogP contribution in [-0.2, 0) is 16.0 Å². The molecular formula is C19H21FN4O4. The van der Waals surface area contributed by atoms with Gasteiger partial charge in [-0.2, -0.15) is 9.49 Å². The lowest BCUT2D eigenvalue weighted by atomic mass is 9.95. The van der Waals surface area contributed by atoms with Gasteiger partial charge in [-0.25, -0.2) is 14.5 Å². The molecule has 8 nitrogen and oxygen atoms in total. The first-order valence-corrected chi connectivity index (χ1v) is 9.56. The van der Waals surface area contributed by atoms with E-state index < -0.39 is 11.9 Å². The van der Waals surface area contributed by atoms with E-state index in [0.29, 0.717) is 24.8 Å². The molecule has 5 heterocycles. The van der Waals surface area contributed by atoms with Crippen molar-refractivity contribution in [1.82, 2.24) is 14.8 Å². The van der Waals surface area contributed by atoms with Gasteiger partial charge in [-0.3, -0.25) is 0 Å². The third-order valence-electron chi connectivity index (χ3n) is 5.52. The molecule has 0 spiro atoms. The van der Waals surface area contributed by atoms with Gasteiger partial charge in [0.25, 0.3) is 0 Å². The van der Waals surface area contributed by atoms with Gasteiger partial charge in [-0.15, -0.1) is 0 Å². The lowest BCUT2D eigenvalue weighted by molar-refractivity contribution is -0.113. The summed E-state index contributed by atoms with van der Waals surface area (Å²) in [5.74, 6) is -0.353. The molecular weight excluding hydrogens is 367 g/mol. The molecule has 5 rings (SSSR count). The molecule has 3 aliphatic rings. The van der Waals surface area contributed by atoms with Crippen LogP contribution in [0.3, 0.4) is 0 Å². The maximum absolute atomic E-state index is 15.0. The van der Waals surface area contributed by atoms with E-state index in [1.165, 1.54) is 0 Å². The van der Waals surface area contributed by atoms with E-state index in [2.05, 4.69) is 10.1 Å². The zero-order valence-corrected chi connectivity index (χ0v) is 15.7. The number of esters is 1. The number of carbonyl (C=O) groups is 1. The number of ether oxygens (including phenoxy) is 3. The summed E-state index contributed by atoms with van der Waals surface area (Å²) in [6.45, 7) is 5.80. The molecule has 148 valence electrons. The van der Waals surface area contributed by atoms with E-state index in [9.17, 15) is 9.18 Å². The van der Waals surface area contributed by atoms with E-state index in [4.69, 9.17) is 14.2 Å². The topological polar surface area (TPSA) is 78.7 Å². The smallest absolute Gasteiger partial charge is 0.345 e. The van der Waals surface area contributed by atoms with Crippen LogP contribution in [-0.4, -0.2) is 58.7 Å². The monoisotopic (exact) mass is 388 g/mol. The lowest BCUT2D eigenvalue weighted by Gasteiger charge is -2.55. The number of nitrogens with zero attached hydrogens (tertiary/aromatic N) is 4. The predicted molar refractivity (Wildman–Crippen MR) is 97.0 cm³/mol. The number of rotatable bonds is 4. The van der Waals surface area contributed by atoms with Crippen molar-refractivity contribution in [3.63, 3.8) is 0 Å². The molecule has 0 aliphatic carbocycles. The number of fused-ring (bicyclic) bond motifs is 2. The zero-order chi connectivity index (χ0) is 19.4. The van der Waals surface area contributed by atoms with Gasteiger partial charge in [0.1, 0.15) is 17.1 Å². The number of aromatic nitrogens is 3. The number of aryl methyl sites for hydroxylation is 1. The maximum atomic E-state index is 15.0. The van der Waals surface area contributed by atoms with Gasteiger partial charge in [0.05, 0.1) is 37.0 Å². The Kier molecular flexibility index (Phi) is 4.01. The second kappa shape index (κ2) is 6.44. The average Bonchev–Trinajstić information content (AvgIpc) is 3.02. The minimum Gasteiger partial charge on any atom is -0.474 e. The first-order valence-electron chi connectivity index (χ1n) is 9.56. The van der Waals surface area contributed by atoms with E-state index >= 15 is 0 Å². The Morgan fingerprint density at radius 3 is 2.93 bits per heavy atom. The molecule has 1 unspecified atom stereocenters. The number of hydrogen-bond acceptors (Lipinski definition) is 7. The molecule has 0 bridgehead atoms. The summed E-state index contributed by atoms with van der Waals surface area (Å²) in [6.07, 6.45) is 0.939. The van der Waals surface area contributed by atoms with Crippen molar-refractivity contribution in [2.75, 3.05) is 24.7 Å². The minimum absolute atomic E-state index is 0.0559. The highest BCUT2D eigenvalue weighted by molar-refractivity contribution is 5.99.